The molecule has 5 nitrogen and oxygen atoms in total. The molecule has 2 aromatic heterocycles. The molecule has 3 heterocycles. The molecule has 1 aliphatic heterocycles. The predicted octanol–water partition coefficient (Wildman–Crippen LogP) is 4.31. The molecular formula is C19H17BrN2O3S. The van der Waals surface area contributed by atoms with Crippen molar-refractivity contribution in [2.24, 2.45) is 0 Å². The van der Waals surface area contributed by atoms with Gasteiger partial charge in [-0.1, -0.05) is 28.1 Å². The summed E-state index contributed by atoms with van der Waals surface area (Å²) in [4.78, 5) is 19.1. The number of amides is 1. The van der Waals surface area contributed by atoms with Gasteiger partial charge in [0.1, 0.15) is 6.10 Å². The number of furan rings is 1. The zero-order chi connectivity index (χ0) is 17.9. The quantitative estimate of drug-likeness (QED) is 0.616. The van der Waals surface area contributed by atoms with Crippen LogP contribution < -0.4 is 0 Å². The Morgan fingerprint density at radius 3 is 2.92 bits per heavy atom. The van der Waals surface area contributed by atoms with Gasteiger partial charge in [-0.2, -0.15) is 0 Å². The Bertz CT molecular complexity index is 877. The van der Waals surface area contributed by atoms with Gasteiger partial charge in [-0.15, -0.1) is 11.3 Å². The maximum Gasteiger partial charge on any atom is 0.228 e. The summed E-state index contributed by atoms with van der Waals surface area (Å²) in [5.74, 6) is 0.807. The molecule has 4 rings (SSSR count). The first kappa shape index (κ1) is 17.5. The molecule has 3 aromatic rings. The van der Waals surface area contributed by atoms with Crippen molar-refractivity contribution in [1.82, 2.24) is 9.88 Å². The lowest BCUT2D eigenvalue weighted by Crippen LogP contribution is -2.43. The van der Waals surface area contributed by atoms with Gasteiger partial charge in [-0.05, 0) is 29.8 Å². The maximum absolute atomic E-state index is 12.7. The van der Waals surface area contributed by atoms with E-state index in [0.29, 0.717) is 26.1 Å². The first-order valence-corrected chi connectivity index (χ1v) is 9.99. The summed E-state index contributed by atoms with van der Waals surface area (Å²) in [6.45, 7) is 1.72. The zero-order valence-electron chi connectivity index (χ0n) is 13.9. The molecule has 1 aliphatic rings. The van der Waals surface area contributed by atoms with Crippen LogP contribution >= 0.6 is 27.3 Å². The molecule has 1 aromatic carbocycles. The van der Waals surface area contributed by atoms with E-state index in [0.717, 1.165) is 26.5 Å². The molecule has 1 amide bonds. The topological polar surface area (TPSA) is 55.6 Å². The molecule has 0 radical (unpaired) electrons. The molecule has 134 valence electrons. The molecular weight excluding hydrogens is 416 g/mol. The largest absolute Gasteiger partial charge is 0.462 e. The van der Waals surface area contributed by atoms with Gasteiger partial charge in [-0.25, -0.2) is 4.98 Å². The maximum atomic E-state index is 12.7. The van der Waals surface area contributed by atoms with Gasteiger partial charge in [0, 0.05) is 16.4 Å². The molecule has 1 unspecified atom stereocenters. The first-order valence-electron chi connectivity index (χ1n) is 8.32. The fourth-order valence-corrected chi connectivity index (χ4v) is 3.97. The van der Waals surface area contributed by atoms with Gasteiger partial charge in [0.2, 0.25) is 5.91 Å². The molecule has 0 N–H and O–H groups in total. The Morgan fingerprint density at radius 1 is 1.31 bits per heavy atom. The molecule has 0 saturated carbocycles. The fraction of sp³-hybridized carbons (Fsp3) is 0.263. The fourth-order valence-electron chi connectivity index (χ4n) is 2.92. The number of benzene rings is 1. The number of thiazole rings is 1. The number of rotatable bonds is 4. The third-order valence-electron chi connectivity index (χ3n) is 4.28. The number of morpholine rings is 1. The standard InChI is InChI=1S/C19H17BrN2O3S/c20-14-5-3-13(4-6-14)17-11-22(7-9-25-17)18(23)10-15-12-26-19(21-15)16-2-1-8-24-16/h1-6,8,12,17H,7,9-11H2. The summed E-state index contributed by atoms with van der Waals surface area (Å²) >= 11 is 4.93. The van der Waals surface area contributed by atoms with E-state index in [1.165, 1.54) is 11.3 Å². The lowest BCUT2D eigenvalue weighted by Gasteiger charge is -2.33. The normalized spacial score (nSPS) is 17.4. The Hall–Kier alpha value is -1.96. The van der Waals surface area contributed by atoms with E-state index in [-0.39, 0.29) is 12.0 Å². The van der Waals surface area contributed by atoms with Crippen LogP contribution in [0.5, 0.6) is 0 Å². The zero-order valence-corrected chi connectivity index (χ0v) is 16.3. The summed E-state index contributed by atoms with van der Waals surface area (Å²) in [5.41, 5.74) is 1.86. The highest BCUT2D eigenvalue weighted by atomic mass is 79.9. The lowest BCUT2D eigenvalue weighted by molar-refractivity contribution is -0.138. The number of carbonyl (C=O) groups excluding carboxylic acids is 1. The number of hydrogen-bond donors (Lipinski definition) is 0. The third-order valence-corrected chi connectivity index (χ3v) is 5.71. The smallest absolute Gasteiger partial charge is 0.228 e. The Morgan fingerprint density at radius 2 is 2.15 bits per heavy atom. The second kappa shape index (κ2) is 7.73. The molecule has 1 fully saturated rings. The van der Waals surface area contributed by atoms with Crippen molar-refractivity contribution in [3.63, 3.8) is 0 Å². The number of ether oxygens (including phenoxy) is 1. The minimum Gasteiger partial charge on any atom is -0.462 e. The number of aromatic nitrogens is 1. The van der Waals surface area contributed by atoms with Crippen molar-refractivity contribution >= 4 is 33.2 Å². The highest BCUT2D eigenvalue weighted by molar-refractivity contribution is 9.10. The average Bonchev–Trinajstić information content (AvgIpc) is 3.34. The van der Waals surface area contributed by atoms with Crippen LogP contribution in [-0.2, 0) is 16.0 Å². The first-order chi connectivity index (χ1) is 12.7. The number of halogens is 1. The number of carbonyl (C=O) groups is 1. The second-order valence-electron chi connectivity index (χ2n) is 6.05. The Kier molecular flexibility index (Phi) is 5.19. The van der Waals surface area contributed by atoms with Crippen molar-refractivity contribution in [2.75, 3.05) is 19.7 Å². The summed E-state index contributed by atoms with van der Waals surface area (Å²) in [5, 5.41) is 2.72. The van der Waals surface area contributed by atoms with Crippen molar-refractivity contribution < 1.29 is 13.9 Å². The predicted molar refractivity (Wildman–Crippen MR) is 103 cm³/mol. The van der Waals surface area contributed by atoms with E-state index < -0.39 is 0 Å². The van der Waals surface area contributed by atoms with E-state index in [4.69, 9.17) is 9.15 Å². The minimum atomic E-state index is -0.0880. The molecule has 26 heavy (non-hydrogen) atoms. The van der Waals surface area contributed by atoms with Crippen molar-refractivity contribution in [3.8, 4) is 10.8 Å². The van der Waals surface area contributed by atoms with E-state index in [2.05, 4.69) is 20.9 Å². The third kappa shape index (κ3) is 3.90. The van der Waals surface area contributed by atoms with Crippen LogP contribution in [-0.4, -0.2) is 35.5 Å². The Balaban J connectivity index is 1.40. The van der Waals surface area contributed by atoms with Gasteiger partial charge in [0.15, 0.2) is 10.8 Å². The van der Waals surface area contributed by atoms with E-state index in [1.54, 1.807) is 6.26 Å². The minimum absolute atomic E-state index is 0.0757. The van der Waals surface area contributed by atoms with Crippen LogP contribution in [0.2, 0.25) is 0 Å². The van der Waals surface area contributed by atoms with E-state index in [9.17, 15) is 4.79 Å². The van der Waals surface area contributed by atoms with Crippen molar-refractivity contribution in [1.29, 1.82) is 0 Å². The highest BCUT2D eigenvalue weighted by Crippen LogP contribution is 2.26. The molecule has 1 atom stereocenters. The van der Waals surface area contributed by atoms with Gasteiger partial charge >= 0.3 is 0 Å². The summed E-state index contributed by atoms with van der Waals surface area (Å²) in [7, 11) is 0. The molecule has 0 aliphatic carbocycles. The SMILES string of the molecule is O=C(Cc1csc(-c2ccco2)n1)N1CCOC(c2ccc(Br)cc2)C1. The van der Waals surface area contributed by atoms with Crippen LogP contribution in [0.25, 0.3) is 10.8 Å². The van der Waals surface area contributed by atoms with E-state index >= 15 is 0 Å². The lowest BCUT2D eigenvalue weighted by atomic mass is 10.1. The summed E-state index contributed by atoms with van der Waals surface area (Å²) in [6, 6.07) is 11.7. The van der Waals surface area contributed by atoms with Crippen LogP contribution in [0.1, 0.15) is 17.4 Å². The van der Waals surface area contributed by atoms with Gasteiger partial charge in [0.05, 0.1) is 31.5 Å². The number of nitrogens with zero attached hydrogens (tertiary/aromatic N) is 2. The van der Waals surface area contributed by atoms with Crippen LogP contribution in [0.15, 0.2) is 56.9 Å². The van der Waals surface area contributed by atoms with Gasteiger partial charge < -0.3 is 14.1 Å². The Labute approximate surface area is 163 Å². The highest BCUT2D eigenvalue weighted by Gasteiger charge is 2.26. The summed E-state index contributed by atoms with van der Waals surface area (Å²) < 4.78 is 12.2. The monoisotopic (exact) mass is 432 g/mol. The van der Waals surface area contributed by atoms with Gasteiger partial charge in [0.25, 0.3) is 0 Å². The number of hydrogen-bond acceptors (Lipinski definition) is 5. The van der Waals surface area contributed by atoms with Crippen LogP contribution in [0.4, 0.5) is 0 Å². The van der Waals surface area contributed by atoms with Crippen LogP contribution in [0, 0.1) is 0 Å². The van der Waals surface area contributed by atoms with Crippen LogP contribution in [0.3, 0.4) is 0 Å². The van der Waals surface area contributed by atoms with Crippen molar-refractivity contribution in [3.05, 3.63) is 63.8 Å². The molecule has 0 bridgehead atoms. The second-order valence-corrected chi connectivity index (χ2v) is 7.82. The molecule has 1 saturated heterocycles. The average molecular weight is 433 g/mol. The molecule has 0 spiro atoms. The summed E-state index contributed by atoms with van der Waals surface area (Å²) in [6.07, 6.45) is 1.83. The molecule has 7 heteroatoms. The van der Waals surface area contributed by atoms with E-state index in [1.807, 2.05) is 46.7 Å². The van der Waals surface area contributed by atoms with Crippen molar-refractivity contribution in [2.45, 2.75) is 12.5 Å². The van der Waals surface area contributed by atoms with Gasteiger partial charge in [-0.3, -0.25) is 4.79 Å².